The lowest BCUT2D eigenvalue weighted by Crippen LogP contribution is -2.47. The van der Waals surface area contributed by atoms with Gasteiger partial charge in [0.25, 0.3) is 0 Å². The summed E-state index contributed by atoms with van der Waals surface area (Å²) < 4.78 is 32.4. The molecule has 2 aliphatic rings. The van der Waals surface area contributed by atoms with Crippen molar-refractivity contribution in [3.63, 3.8) is 0 Å². The van der Waals surface area contributed by atoms with Crippen LogP contribution in [0.25, 0.3) is 0 Å². The fourth-order valence-corrected chi connectivity index (χ4v) is 3.43. The molecule has 0 aliphatic carbocycles. The van der Waals surface area contributed by atoms with Gasteiger partial charge >= 0.3 is 6.09 Å². The van der Waals surface area contributed by atoms with Crippen LogP contribution in [0.2, 0.25) is 0 Å². The maximum atomic E-state index is 14.7. The van der Waals surface area contributed by atoms with Crippen LogP contribution in [0.3, 0.4) is 0 Å². The van der Waals surface area contributed by atoms with Gasteiger partial charge in [-0.25, -0.2) is 13.6 Å². The molecule has 0 saturated carbocycles. The molecule has 9 heteroatoms. The second kappa shape index (κ2) is 8.79. The zero-order valence-electron chi connectivity index (χ0n) is 15.3. The van der Waals surface area contributed by atoms with E-state index in [-0.39, 0.29) is 18.6 Å². The van der Waals surface area contributed by atoms with Gasteiger partial charge in [0.1, 0.15) is 18.6 Å². The highest BCUT2D eigenvalue weighted by molar-refractivity contribution is 7.80. The Morgan fingerprint density at radius 2 is 2.07 bits per heavy atom. The Balaban J connectivity index is 1.63. The van der Waals surface area contributed by atoms with Crippen LogP contribution in [0.4, 0.5) is 25.0 Å². The predicted octanol–water partition coefficient (Wildman–Crippen LogP) is 2.18. The molecule has 2 aliphatic heterocycles. The van der Waals surface area contributed by atoms with Crippen LogP contribution < -0.4 is 15.1 Å². The van der Waals surface area contributed by atoms with Gasteiger partial charge in [0.15, 0.2) is 0 Å². The second-order valence-corrected chi connectivity index (χ2v) is 7.32. The number of carbonyl (C=O) groups excluding carboxylic acids is 1. The fourth-order valence-electron chi connectivity index (χ4n) is 3.35. The third-order valence-corrected chi connectivity index (χ3v) is 4.95. The van der Waals surface area contributed by atoms with E-state index in [0.717, 1.165) is 0 Å². The van der Waals surface area contributed by atoms with Crippen molar-refractivity contribution in [2.75, 3.05) is 62.3 Å². The average molecular weight is 398 g/mol. The molecule has 1 unspecified atom stereocenters. The molecule has 1 atom stereocenters. The number of piperazine rings is 1. The van der Waals surface area contributed by atoms with Crippen LogP contribution in [0, 0.1) is 5.82 Å². The van der Waals surface area contributed by atoms with E-state index >= 15 is 0 Å². The van der Waals surface area contributed by atoms with Gasteiger partial charge in [-0.2, -0.15) is 0 Å². The summed E-state index contributed by atoms with van der Waals surface area (Å²) in [6, 6.07) is 4.79. The normalized spacial score (nSPS) is 20.7. The van der Waals surface area contributed by atoms with Crippen molar-refractivity contribution in [2.24, 2.45) is 0 Å². The first kappa shape index (κ1) is 19.8. The summed E-state index contributed by atoms with van der Waals surface area (Å²) in [5.74, 6) is -0.379. The molecule has 148 valence electrons. The molecule has 27 heavy (non-hydrogen) atoms. The van der Waals surface area contributed by atoms with Crippen LogP contribution in [0.1, 0.15) is 6.92 Å². The Morgan fingerprint density at radius 1 is 1.33 bits per heavy atom. The van der Waals surface area contributed by atoms with E-state index in [9.17, 15) is 13.6 Å². The third kappa shape index (κ3) is 4.84. The maximum Gasteiger partial charge on any atom is 0.414 e. The molecule has 1 N–H and O–H groups in total. The molecule has 2 heterocycles. The lowest BCUT2D eigenvalue weighted by molar-refractivity contribution is 0.143. The number of cyclic esters (lactones) is 1. The summed E-state index contributed by atoms with van der Waals surface area (Å²) in [6.07, 6.45) is -0.822. The highest BCUT2D eigenvalue weighted by Crippen LogP contribution is 2.28. The minimum Gasteiger partial charge on any atom is -0.442 e. The van der Waals surface area contributed by atoms with Crippen LogP contribution >= 0.6 is 12.2 Å². The van der Waals surface area contributed by atoms with Gasteiger partial charge in [-0.1, -0.05) is 12.2 Å². The van der Waals surface area contributed by atoms with E-state index in [0.29, 0.717) is 62.2 Å². The SMILES string of the molecule is CC(=S)NCC1CN(c2ccc(N3CCN(CCF)CC3)c(F)c2)C(=O)O1. The number of carbonyl (C=O) groups is 1. The van der Waals surface area contributed by atoms with Crippen molar-refractivity contribution in [3.8, 4) is 0 Å². The molecule has 6 nitrogen and oxygen atoms in total. The number of thiocarbonyl (C=S) groups is 1. The smallest absolute Gasteiger partial charge is 0.414 e. The Kier molecular flexibility index (Phi) is 6.43. The van der Waals surface area contributed by atoms with Gasteiger partial charge in [0, 0.05) is 32.7 Å². The van der Waals surface area contributed by atoms with E-state index in [1.54, 1.807) is 19.1 Å². The van der Waals surface area contributed by atoms with Gasteiger partial charge in [-0.3, -0.25) is 9.80 Å². The molecule has 2 saturated heterocycles. The Bertz CT molecular complexity index is 698. The highest BCUT2D eigenvalue weighted by atomic mass is 32.1. The van der Waals surface area contributed by atoms with Crippen molar-refractivity contribution in [1.82, 2.24) is 10.2 Å². The number of halogens is 2. The first-order valence-corrected chi connectivity index (χ1v) is 9.44. The van der Waals surface area contributed by atoms with E-state index in [1.165, 1.54) is 11.0 Å². The molecule has 0 aromatic heterocycles. The van der Waals surface area contributed by atoms with Crippen LogP contribution in [0.15, 0.2) is 18.2 Å². The average Bonchev–Trinajstić information content (AvgIpc) is 3.02. The third-order valence-electron chi connectivity index (χ3n) is 4.81. The number of rotatable bonds is 6. The fraction of sp³-hybridized carbons (Fsp3) is 0.556. The first-order valence-electron chi connectivity index (χ1n) is 9.03. The zero-order chi connectivity index (χ0) is 19.4. The highest BCUT2D eigenvalue weighted by Gasteiger charge is 2.32. The van der Waals surface area contributed by atoms with Crippen molar-refractivity contribution in [3.05, 3.63) is 24.0 Å². The maximum absolute atomic E-state index is 14.7. The van der Waals surface area contributed by atoms with Gasteiger partial charge in [-0.05, 0) is 25.1 Å². The van der Waals surface area contributed by atoms with Crippen LogP contribution in [0.5, 0.6) is 0 Å². The number of nitrogens with one attached hydrogen (secondary N) is 1. The second-order valence-electron chi connectivity index (χ2n) is 6.71. The lowest BCUT2D eigenvalue weighted by atomic mass is 10.2. The summed E-state index contributed by atoms with van der Waals surface area (Å²) in [7, 11) is 0. The number of benzene rings is 1. The molecule has 0 bridgehead atoms. The number of anilines is 2. The quantitative estimate of drug-likeness (QED) is 0.742. The summed E-state index contributed by atoms with van der Waals surface area (Å²) in [5, 5.41) is 2.98. The van der Waals surface area contributed by atoms with Crippen molar-refractivity contribution in [2.45, 2.75) is 13.0 Å². The first-order chi connectivity index (χ1) is 13.0. The zero-order valence-corrected chi connectivity index (χ0v) is 16.1. The molecule has 1 amide bonds. The summed E-state index contributed by atoms with van der Waals surface area (Å²) in [6.45, 7) is 5.29. The van der Waals surface area contributed by atoms with Gasteiger partial charge in [0.2, 0.25) is 0 Å². The van der Waals surface area contributed by atoms with Gasteiger partial charge < -0.3 is 15.0 Å². The Morgan fingerprint density at radius 3 is 2.70 bits per heavy atom. The van der Waals surface area contributed by atoms with Crippen molar-refractivity contribution < 1.29 is 18.3 Å². The van der Waals surface area contributed by atoms with E-state index in [4.69, 9.17) is 17.0 Å². The molecular formula is C18H24F2N4O2S. The molecule has 1 aromatic rings. The monoisotopic (exact) mass is 398 g/mol. The summed E-state index contributed by atoms with van der Waals surface area (Å²) in [5.41, 5.74) is 0.972. The molecule has 2 fully saturated rings. The van der Waals surface area contributed by atoms with Gasteiger partial charge in [0.05, 0.1) is 29.5 Å². The number of hydrogen-bond acceptors (Lipinski definition) is 5. The minimum absolute atomic E-state index is 0.332. The molecule has 3 rings (SSSR count). The van der Waals surface area contributed by atoms with Crippen LogP contribution in [-0.2, 0) is 4.74 Å². The summed E-state index contributed by atoms with van der Waals surface area (Å²) in [4.78, 5) is 18.1. The number of alkyl halides is 1. The van der Waals surface area contributed by atoms with E-state index in [2.05, 4.69) is 5.32 Å². The van der Waals surface area contributed by atoms with Crippen LogP contribution in [-0.4, -0.2) is 74.6 Å². The largest absolute Gasteiger partial charge is 0.442 e. The molecule has 0 radical (unpaired) electrons. The standard InChI is InChI=1S/C18H24F2N4O2S/c1-13(27)21-11-15-12-24(18(25)26-15)14-2-3-17(16(20)10-14)23-8-6-22(5-4-19)7-9-23/h2-3,10,15H,4-9,11-12H2,1H3,(H,21,27). The molecular weight excluding hydrogens is 374 g/mol. The van der Waals surface area contributed by atoms with Crippen molar-refractivity contribution >= 4 is 34.7 Å². The molecule has 1 aromatic carbocycles. The lowest BCUT2D eigenvalue weighted by Gasteiger charge is -2.35. The van der Waals surface area contributed by atoms with Gasteiger partial charge in [-0.15, -0.1) is 0 Å². The number of hydrogen-bond donors (Lipinski definition) is 1. The predicted molar refractivity (Wildman–Crippen MR) is 105 cm³/mol. The van der Waals surface area contributed by atoms with E-state index in [1.807, 2.05) is 9.80 Å². The number of nitrogens with zero attached hydrogens (tertiary/aromatic N) is 3. The van der Waals surface area contributed by atoms with E-state index < -0.39 is 6.09 Å². The summed E-state index contributed by atoms with van der Waals surface area (Å²) >= 11 is 4.96. The Labute approximate surface area is 163 Å². The Hall–Kier alpha value is -2.00. The minimum atomic E-state index is -0.490. The topological polar surface area (TPSA) is 48.0 Å². The number of ether oxygens (including phenoxy) is 1. The number of amides is 1. The van der Waals surface area contributed by atoms with Crippen molar-refractivity contribution in [1.29, 1.82) is 0 Å². The molecule has 0 spiro atoms.